The second-order valence-corrected chi connectivity index (χ2v) is 4.11. The normalized spacial score (nSPS) is 11.5. The first-order chi connectivity index (χ1) is 4.58. The first-order valence-corrected chi connectivity index (χ1v) is 4.13. The van der Waals surface area contributed by atoms with Crippen molar-refractivity contribution in [2.75, 3.05) is 5.32 Å². The lowest BCUT2D eigenvalue weighted by molar-refractivity contribution is 0.633. The number of thiazole rings is 1. The summed E-state index contributed by atoms with van der Waals surface area (Å²) >= 11 is 1.63. The summed E-state index contributed by atoms with van der Waals surface area (Å²) in [6, 6.07) is 0. The van der Waals surface area contributed by atoms with Crippen LogP contribution in [0.1, 0.15) is 20.8 Å². The summed E-state index contributed by atoms with van der Waals surface area (Å²) in [5, 5.41) is 6.23. The highest BCUT2D eigenvalue weighted by Gasteiger charge is 2.09. The van der Waals surface area contributed by atoms with Gasteiger partial charge in [0.05, 0.1) is 0 Å². The topological polar surface area (TPSA) is 24.9 Å². The molecular weight excluding hydrogens is 144 g/mol. The number of rotatable bonds is 1. The van der Waals surface area contributed by atoms with Crippen LogP contribution < -0.4 is 5.32 Å². The lowest BCUT2D eigenvalue weighted by Crippen LogP contribution is -2.25. The van der Waals surface area contributed by atoms with Gasteiger partial charge in [-0.3, -0.25) is 0 Å². The summed E-state index contributed by atoms with van der Waals surface area (Å²) in [5.41, 5.74) is 0.123. The van der Waals surface area contributed by atoms with Crippen molar-refractivity contribution in [3.63, 3.8) is 0 Å². The Labute approximate surface area is 65.3 Å². The molecule has 2 nitrogen and oxygen atoms in total. The number of nitrogens with one attached hydrogen (secondary N) is 1. The zero-order chi connectivity index (χ0) is 7.61. The van der Waals surface area contributed by atoms with Crippen molar-refractivity contribution in [2.45, 2.75) is 26.3 Å². The van der Waals surface area contributed by atoms with Crippen LogP contribution in [0.2, 0.25) is 0 Å². The molecule has 0 radical (unpaired) electrons. The van der Waals surface area contributed by atoms with Crippen LogP contribution in [0.15, 0.2) is 11.6 Å². The minimum Gasteiger partial charge on any atom is -0.357 e. The average molecular weight is 156 g/mol. The maximum absolute atomic E-state index is 4.11. The summed E-state index contributed by atoms with van der Waals surface area (Å²) in [4.78, 5) is 4.11. The summed E-state index contributed by atoms with van der Waals surface area (Å²) in [5.74, 6) is 0. The number of anilines is 1. The van der Waals surface area contributed by atoms with Crippen LogP contribution in [-0.4, -0.2) is 10.5 Å². The quantitative estimate of drug-likeness (QED) is 0.675. The van der Waals surface area contributed by atoms with Crippen molar-refractivity contribution in [1.29, 1.82) is 0 Å². The summed E-state index contributed by atoms with van der Waals surface area (Å²) in [7, 11) is 0. The van der Waals surface area contributed by atoms with Crippen LogP contribution in [0.3, 0.4) is 0 Å². The molecule has 0 aliphatic carbocycles. The van der Waals surface area contributed by atoms with Crippen molar-refractivity contribution in [2.24, 2.45) is 0 Å². The fraction of sp³-hybridized carbons (Fsp3) is 0.571. The van der Waals surface area contributed by atoms with E-state index in [0.29, 0.717) is 0 Å². The molecule has 0 aliphatic rings. The molecule has 0 aromatic carbocycles. The number of aromatic nitrogens is 1. The van der Waals surface area contributed by atoms with Gasteiger partial charge in [0.2, 0.25) is 0 Å². The Kier molecular flexibility index (Phi) is 1.94. The van der Waals surface area contributed by atoms with E-state index in [9.17, 15) is 0 Å². The summed E-state index contributed by atoms with van der Waals surface area (Å²) < 4.78 is 0. The molecule has 0 amide bonds. The van der Waals surface area contributed by atoms with Crippen molar-refractivity contribution < 1.29 is 0 Å². The predicted molar refractivity (Wildman–Crippen MR) is 45.5 cm³/mol. The van der Waals surface area contributed by atoms with Crippen LogP contribution in [-0.2, 0) is 0 Å². The Balaban J connectivity index is 2.57. The minimum atomic E-state index is 0.123. The first kappa shape index (κ1) is 7.54. The van der Waals surface area contributed by atoms with Gasteiger partial charge in [-0.05, 0) is 20.8 Å². The molecule has 10 heavy (non-hydrogen) atoms. The standard InChI is InChI=1S/C7H12N2S/c1-7(2,3)9-6-8-4-5-10-6/h4-5H,1-3H3,(H,8,9). The second-order valence-electron chi connectivity index (χ2n) is 3.21. The van der Waals surface area contributed by atoms with E-state index in [1.54, 1.807) is 17.5 Å². The molecule has 0 atom stereocenters. The van der Waals surface area contributed by atoms with E-state index in [1.807, 2.05) is 5.38 Å². The second kappa shape index (κ2) is 2.58. The Hall–Kier alpha value is -0.570. The fourth-order valence-electron chi connectivity index (χ4n) is 0.606. The van der Waals surface area contributed by atoms with Crippen LogP contribution in [0.25, 0.3) is 0 Å². The van der Waals surface area contributed by atoms with E-state index >= 15 is 0 Å². The highest BCUT2D eigenvalue weighted by atomic mass is 32.1. The SMILES string of the molecule is CC(C)(C)Nc1nccs1. The molecule has 3 heteroatoms. The Morgan fingerprint density at radius 1 is 1.50 bits per heavy atom. The predicted octanol–water partition coefficient (Wildman–Crippen LogP) is 2.35. The van der Waals surface area contributed by atoms with Crippen LogP contribution >= 0.6 is 11.3 Å². The molecule has 1 aromatic heterocycles. The van der Waals surface area contributed by atoms with Crippen molar-refractivity contribution in [3.05, 3.63) is 11.6 Å². The first-order valence-electron chi connectivity index (χ1n) is 3.25. The third kappa shape index (κ3) is 2.35. The molecule has 1 rings (SSSR count). The van der Waals surface area contributed by atoms with Gasteiger partial charge >= 0.3 is 0 Å². The molecule has 0 aliphatic heterocycles. The van der Waals surface area contributed by atoms with Crippen LogP contribution in [0, 0.1) is 0 Å². The Bertz CT molecular complexity index is 186. The van der Waals surface area contributed by atoms with Gasteiger partial charge < -0.3 is 5.32 Å². The summed E-state index contributed by atoms with van der Waals surface area (Å²) in [6.07, 6.45) is 1.80. The van der Waals surface area contributed by atoms with Crippen LogP contribution in [0.5, 0.6) is 0 Å². The molecule has 0 unspecified atom stereocenters. The minimum absolute atomic E-state index is 0.123. The van der Waals surface area contributed by atoms with E-state index in [4.69, 9.17) is 0 Å². The molecule has 0 saturated carbocycles. The van der Waals surface area contributed by atoms with Gasteiger partial charge in [0.15, 0.2) is 5.13 Å². The van der Waals surface area contributed by atoms with Gasteiger partial charge in [0.1, 0.15) is 0 Å². The van der Waals surface area contributed by atoms with E-state index in [-0.39, 0.29) is 5.54 Å². The zero-order valence-electron chi connectivity index (χ0n) is 6.51. The van der Waals surface area contributed by atoms with Gasteiger partial charge in [-0.15, -0.1) is 11.3 Å². The Morgan fingerprint density at radius 2 is 2.20 bits per heavy atom. The number of nitrogens with zero attached hydrogens (tertiary/aromatic N) is 1. The van der Waals surface area contributed by atoms with Crippen molar-refractivity contribution in [1.82, 2.24) is 4.98 Å². The maximum atomic E-state index is 4.11. The fourth-order valence-corrected chi connectivity index (χ4v) is 1.34. The average Bonchev–Trinajstić information content (AvgIpc) is 2.12. The largest absolute Gasteiger partial charge is 0.357 e. The van der Waals surface area contributed by atoms with E-state index in [1.165, 1.54) is 0 Å². The third-order valence-corrected chi connectivity index (χ3v) is 1.60. The number of hydrogen-bond donors (Lipinski definition) is 1. The molecule has 0 spiro atoms. The van der Waals surface area contributed by atoms with Crippen molar-refractivity contribution >= 4 is 16.5 Å². The van der Waals surface area contributed by atoms with E-state index < -0.39 is 0 Å². The third-order valence-electron chi connectivity index (χ3n) is 0.914. The molecule has 0 bridgehead atoms. The smallest absolute Gasteiger partial charge is 0.182 e. The van der Waals surface area contributed by atoms with Gasteiger partial charge in [0, 0.05) is 17.1 Å². The maximum Gasteiger partial charge on any atom is 0.182 e. The number of hydrogen-bond acceptors (Lipinski definition) is 3. The van der Waals surface area contributed by atoms with Gasteiger partial charge in [-0.2, -0.15) is 0 Å². The molecule has 0 fully saturated rings. The lowest BCUT2D eigenvalue weighted by atomic mass is 10.1. The Morgan fingerprint density at radius 3 is 2.60 bits per heavy atom. The molecular formula is C7H12N2S. The van der Waals surface area contributed by atoms with Crippen LogP contribution in [0.4, 0.5) is 5.13 Å². The van der Waals surface area contributed by atoms with Crippen molar-refractivity contribution in [3.8, 4) is 0 Å². The van der Waals surface area contributed by atoms with E-state index in [0.717, 1.165) is 5.13 Å². The van der Waals surface area contributed by atoms with Gasteiger partial charge in [-0.1, -0.05) is 0 Å². The molecule has 1 N–H and O–H groups in total. The highest BCUT2D eigenvalue weighted by Crippen LogP contribution is 2.15. The molecule has 1 aromatic rings. The molecule has 0 saturated heterocycles. The summed E-state index contributed by atoms with van der Waals surface area (Å²) in [6.45, 7) is 6.36. The van der Waals surface area contributed by atoms with E-state index in [2.05, 4.69) is 31.1 Å². The highest BCUT2D eigenvalue weighted by molar-refractivity contribution is 7.13. The molecule has 1 heterocycles. The monoisotopic (exact) mass is 156 g/mol. The zero-order valence-corrected chi connectivity index (χ0v) is 7.33. The van der Waals surface area contributed by atoms with Gasteiger partial charge in [0.25, 0.3) is 0 Å². The molecule has 56 valence electrons. The lowest BCUT2D eigenvalue weighted by Gasteiger charge is -2.19. The van der Waals surface area contributed by atoms with Gasteiger partial charge in [-0.25, -0.2) is 4.98 Å².